The highest BCUT2D eigenvalue weighted by molar-refractivity contribution is 5.96. The Hall–Kier alpha value is -2.73. The van der Waals surface area contributed by atoms with Crippen LogP contribution in [0.5, 0.6) is 0 Å². The minimum absolute atomic E-state index is 0.0355. The van der Waals surface area contributed by atoms with E-state index in [0.29, 0.717) is 6.42 Å². The molecule has 0 aromatic heterocycles. The second-order valence-electron chi connectivity index (χ2n) is 7.92. The van der Waals surface area contributed by atoms with Crippen molar-refractivity contribution in [2.75, 3.05) is 6.61 Å². The maximum Gasteiger partial charge on any atom is 0.326 e. The molecule has 0 radical (unpaired) electrons. The van der Waals surface area contributed by atoms with E-state index in [0.717, 1.165) is 0 Å². The van der Waals surface area contributed by atoms with E-state index in [1.54, 1.807) is 27.7 Å². The minimum Gasteiger partial charge on any atom is -0.480 e. The van der Waals surface area contributed by atoms with Crippen LogP contribution in [0.15, 0.2) is 0 Å². The second-order valence-corrected chi connectivity index (χ2v) is 7.92. The van der Waals surface area contributed by atoms with E-state index in [4.69, 9.17) is 16.6 Å². The van der Waals surface area contributed by atoms with Crippen molar-refractivity contribution in [1.29, 1.82) is 0 Å². The normalized spacial score (nSPS) is 15.8. The molecule has 5 atom stereocenters. The molecule has 178 valence electrons. The smallest absolute Gasteiger partial charge is 0.326 e. The Labute approximate surface area is 181 Å². The minimum atomic E-state index is -1.44. The zero-order valence-corrected chi connectivity index (χ0v) is 18.4. The third-order valence-electron chi connectivity index (χ3n) is 4.69. The van der Waals surface area contributed by atoms with Gasteiger partial charge in [0.25, 0.3) is 0 Å². The topological polar surface area (TPSA) is 214 Å². The van der Waals surface area contributed by atoms with Crippen molar-refractivity contribution in [2.24, 2.45) is 23.3 Å². The Morgan fingerprint density at radius 1 is 0.903 bits per heavy atom. The summed E-state index contributed by atoms with van der Waals surface area (Å²) in [6, 6.07) is -5.00. The highest BCUT2D eigenvalue weighted by Crippen LogP contribution is 2.10. The summed E-state index contributed by atoms with van der Waals surface area (Å²) < 4.78 is 0. The van der Waals surface area contributed by atoms with Gasteiger partial charge in [-0.3, -0.25) is 19.2 Å². The first-order valence-electron chi connectivity index (χ1n) is 10.1. The number of aliphatic hydroxyl groups excluding tert-OH is 1. The van der Waals surface area contributed by atoms with Crippen molar-refractivity contribution in [3.05, 3.63) is 0 Å². The lowest BCUT2D eigenvalue weighted by molar-refractivity contribution is -0.144. The molecule has 0 bridgehead atoms. The molecule has 0 spiro atoms. The van der Waals surface area contributed by atoms with Crippen LogP contribution < -0.4 is 27.4 Å². The zero-order chi connectivity index (χ0) is 24.3. The lowest BCUT2D eigenvalue weighted by Crippen LogP contribution is -2.58. The number of carboxylic acids is 1. The summed E-state index contributed by atoms with van der Waals surface area (Å²) in [6.07, 6.45) is 0.0892. The number of nitrogens with two attached hydrogens (primary N) is 2. The zero-order valence-electron chi connectivity index (χ0n) is 18.4. The Morgan fingerprint density at radius 3 is 1.84 bits per heavy atom. The maximum absolute atomic E-state index is 12.8. The van der Waals surface area contributed by atoms with Crippen LogP contribution in [0.2, 0.25) is 0 Å². The standard InChI is InChI=1S/C19H35N5O7/c1-5-10(4)15(19(30)31)24-18(29)13(7-14(21)26)23-17(28)12(6-9(2)3)22-16(27)11(20)8-25/h9-13,15,25H,5-8,20H2,1-4H3,(H2,21,26)(H,22,27)(H,23,28)(H,24,29)(H,30,31). The van der Waals surface area contributed by atoms with Crippen LogP contribution in [0.4, 0.5) is 0 Å². The highest BCUT2D eigenvalue weighted by atomic mass is 16.4. The lowest BCUT2D eigenvalue weighted by Gasteiger charge is -2.26. The van der Waals surface area contributed by atoms with Crippen molar-refractivity contribution in [3.63, 3.8) is 0 Å². The molecule has 4 amide bonds. The van der Waals surface area contributed by atoms with Gasteiger partial charge in [0, 0.05) is 0 Å². The molecule has 5 unspecified atom stereocenters. The molecule has 0 saturated carbocycles. The Kier molecular flexibility index (Phi) is 12.4. The monoisotopic (exact) mass is 445 g/mol. The number of amides is 4. The van der Waals surface area contributed by atoms with E-state index in [9.17, 15) is 29.1 Å². The Morgan fingerprint density at radius 2 is 1.42 bits per heavy atom. The van der Waals surface area contributed by atoms with Crippen LogP contribution in [0.25, 0.3) is 0 Å². The molecule has 0 saturated heterocycles. The predicted molar refractivity (Wildman–Crippen MR) is 111 cm³/mol. The van der Waals surface area contributed by atoms with Gasteiger partial charge in [-0.25, -0.2) is 4.79 Å². The summed E-state index contributed by atoms with van der Waals surface area (Å²) in [5.41, 5.74) is 10.6. The van der Waals surface area contributed by atoms with Crippen LogP contribution >= 0.6 is 0 Å². The molecule has 0 aliphatic carbocycles. The van der Waals surface area contributed by atoms with E-state index in [1.165, 1.54) is 0 Å². The van der Waals surface area contributed by atoms with E-state index in [1.807, 2.05) is 0 Å². The fourth-order valence-corrected chi connectivity index (χ4v) is 2.68. The van der Waals surface area contributed by atoms with Crippen molar-refractivity contribution in [2.45, 2.75) is 71.1 Å². The van der Waals surface area contributed by atoms with Gasteiger partial charge in [0.15, 0.2) is 0 Å². The average molecular weight is 446 g/mol. The summed E-state index contributed by atoms with van der Waals surface area (Å²) >= 11 is 0. The fourth-order valence-electron chi connectivity index (χ4n) is 2.68. The average Bonchev–Trinajstić information content (AvgIpc) is 2.68. The van der Waals surface area contributed by atoms with E-state index in [2.05, 4.69) is 16.0 Å². The maximum atomic E-state index is 12.8. The number of hydrogen-bond donors (Lipinski definition) is 7. The summed E-state index contributed by atoms with van der Waals surface area (Å²) in [4.78, 5) is 60.3. The van der Waals surface area contributed by atoms with Crippen LogP contribution in [0.3, 0.4) is 0 Å². The molecule has 12 nitrogen and oxygen atoms in total. The van der Waals surface area contributed by atoms with Crippen LogP contribution in [0.1, 0.15) is 47.0 Å². The first-order valence-corrected chi connectivity index (χ1v) is 10.1. The first-order chi connectivity index (χ1) is 14.3. The highest BCUT2D eigenvalue weighted by Gasteiger charge is 2.32. The summed E-state index contributed by atoms with van der Waals surface area (Å²) in [7, 11) is 0. The van der Waals surface area contributed by atoms with Gasteiger partial charge >= 0.3 is 5.97 Å². The molecule has 0 aliphatic rings. The number of aliphatic carboxylic acids is 1. The third kappa shape index (κ3) is 10.2. The first kappa shape index (κ1) is 28.3. The molecular weight excluding hydrogens is 410 g/mol. The molecule has 0 rings (SSSR count). The number of primary amides is 1. The number of aliphatic hydroxyl groups is 1. The summed E-state index contributed by atoms with van der Waals surface area (Å²) in [6.45, 7) is 6.37. The van der Waals surface area contributed by atoms with Crippen molar-refractivity contribution in [1.82, 2.24) is 16.0 Å². The molecular formula is C19H35N5O7. The summed E-state index contributed by atoms with van der Waals surface area (Å²) in [5, 5.41) is 25.5. The Bertz CT molecular complexity index is 656. The molecule has 31 heavy (non-hydrogen) atoms. The van der Waals surface area contributed by atoms with E-state index >= 15 is 0 Å². The molecule has 0 aliphatic heterocycles. The van der Waals surface area contributed by atoms with E-state index in [-0.39, 0.29) is 12.3 Å². The van der Waals surface area contributed by atoms with Gasteiger partial charge in [-0.05, 0) is 18.3 Å². The lowest BCUT2D eigenvalue weighted by atomic mass is 9.98. The molecule has 0 heterocycles. The van der Waals surface area contributed by atoms with Crippen molar-refractivity contribution >= 4 is 29.6 Å². The molecule has 0 aromatic carbocycles. The number of carbonyl (C=O) groups is 5. The van der Waals surface area contributed by atoms with Crippen molar-refractivity contribution in [3.8, 4) is 0 Å². The van der Waals surface area contributed by atoms with Gasteiger partial charge in [0.05, 0.1) is 13.0 Å². The second kappa shape index (κ2) is 13.5. The van der Waals surface area contributed by atoms with Gasteiger partial charge < -0.3 is 37.6 Å². The number of carboxylic acid groups (broad SMARTS) is 1. The number of hydrogen-bond acceptors (Lipinski definition) is 7. The number of rotatable bonds is 14. The van der Waals surface area contributed by atoms with Crippen LogP contribution in [-0.2, 0) is 24.0 Å². The fraction of sp³-hybridized carbons (Fsp3) is 0.737. The molecule has 0 fully saturated rings. The van der Waals surface area contributed by atoms with Crippen LogP contribution in [-0.4, -0.2) is 70.6 Å². The third-order valence-corrected chi connectivity index (χ3v) is 4.69. The molecule has 0 aromatic rings. The number of nitrogens with one attached hydrogen (secondary N) is 3. The SMILES string of the molecule is CCC(C)C(NC(=O)C(CC(N)=O)NC(=O)C(CC(C)C)NC(=O)C(N)CO)C(=O)O. The Balaban J connectivity index is 5.54. The predicted octanol–water partition coefficient (Wildman–Crippen LogP) is -2.19. The number of carbonyl (C=O) groups excluding carboxylic acids is 4. The van der Waals surface area contributed by atoms with Gasteiger partial charge in [-0.1, -0.05) is 34.1 Å². The van der Waals surface area contributed by atoms with Gasteiger partial charge in [0.2, 0.25) is 23.6 Å². The quantitative estimate of drug-likeness (QED) is 0.155. The van der Waals surface area contributed by atoms with Crippen LogP contribution in [0, 0.1) is 11.8 Å². The molecule has 9 N–H and O–H groups in total. The van der Waals surface area contributed by atoms with Gasteiger partial charge in [-0.15, -0.1) is 0 Å². The van der Waals surface area contributed by atoms with Crippen molar-refractivity contribution < 1.29 is 34.2 Å². The van der Waals surface area contributed by atoms with Gasteiger partial charge in [-0.2, -0.15) is 0 Å². The largest absolute Gasteiger partial charge is 0.480 e. The van der Waals surface area contributed by atoms with Gasteiger partial charge in [0.1, 0.15) is 24.2 Å². The molecule has 12 heteroatoms. The summed E-state index contributed by atoms with van der Waals surface area (Å²) in [5.74, 6) is -5.00. The van der Waals surface area contributed by atoms with E-state index < -0.39 is 72.7 Å².